The molecule has 1 heterocycles. The number of amides is 1. The number of aryl methyl sites for hydroxylation is 1. The molecule has 1 fully saturated rings. The molecule has 1 aromatic heterocycles. The van der Waals surface area contributed by atoms with E-state index in [1.165, 1.54) is 6.42 Å². The number of fused-ring (bicyclic) bond motifs is 1. The van der Waals surface area contributed by atoms with Gasteiger partial charge in [-0.05, 0) is 43.2 Å². The van der Waals surface area contributed by atoms with Crippen molar-refractivity contribution in [2.24, 2.45) is 13.0 Å². The molecule has 0 bridgehead atoms. The van der Waals surface area contributed by atoms with Gasteiger partial charge in [-0.15, -0.1) is 0 Å². The maximum atomic E-state index is 12.6. The molecule has 0 spiro atoms. The number of imidazole rings is 1. The van der Waals surface area contributed by atoms with E-state index in [1.807, 2.05) is 17.7 Å². The van der Waals surface area contributed by atoms with Crippen molar-refractivity contribution in [2.45, 2.75) is 43.4 Å². The van der Waals surface area contributed by atoms with Crippen LogP contribution in [-0.2, 0) is 28.3 Å². The monoisotopic (exact) mass is 440 g/mol. The first-order chi connectivity index (χ1) is 14.9. The Labute approximate surface area is 182 Å². The van der Waals surface area contributed by atoms with E-state index in [2.05, 4.69) is 15.0 Å². The molecule has 31 heavy (non-hydrogen) atoms. The zero-order valence-electron chi connectivity index (χ0n) is 17.7. The average Bonchev–Trinajstić information content (AvgIpc) is 3.09. The fourth-order valence-electron chi connectivity index (χ4n) is 4.16. The minimum Gasteiger partial charge on any atom is -0.355 e. The number of nitrogens with zero attached hydrogens (tertiary/aromatic N) is 2. The Morgan fingerprint density at radius 2 is 1.84 bits per heavy atom. The highest BCUT2D eigenvalue weighted by atomic mass is 32.2. The van der Waals surface area contributed by atoms with E-state index < -0.39 is 10.0 Å². The predicted octanol–water partition coefficient (Wildman–Crippen LogP) is 3.61. The minimum absolute atomic E-state index is 0.148. The summed E-state index contributed by atoms with van der Waals surface area (Å²) in [7, 11) is -1.72. The lowest BCUT2D eigenvalue weighted by atomic mass is 9.89. The van der Waals surface area contributed by atoms with E-state index >= 15 is 0 Å². The first-order valence-electron chi connectivity index (χ1n) is 10.7. The number of rotatable bonds is 7. The van der Waals surface area contributed by atoms with Crippen LogP contribution in [0.15, 0.2) is 53.4 Å². The second kappa shape index (κ2) is 9.09. The molecule has 8 heteroatoms. The topological polar surface area (TPSA) is 93.1 Å². The van der Waals surface area contributed by atoms with Crippen molar-refractivity contribution in [1.29, 1.82) is 0 Å². The van der Waals surface area contributed by atoms with E-state index in [-0.39, 0.29) is 16.7 Å². The number of aromatic nitrogens is 2. The molecule has 7 nitrogen and oxygen atoms in total. The van der Waals surface area contributed by atoms with Gasteiger partial charge in [-0.2, -0.15) is 0 Å². The quantitative estimate of drug-likeness (QED) is 0.587. The van der Waals surface area contributed by atoms with Crippen LogP contribution in [0.1, 0.15) is 37.9 Å². The van der Waals surface area contributed by atoms with Crippen LogP contribution in [0, 0.1) is 5.92 Å². The van der Waals surface area contributed by atoms with Crippen molar-refractivity contribution >= 4 is 32.7 Å². The van der Waals surface area contributed by atoms with Crippen LogP contribution in [0.25, 0.3) is 11.0 Å². The molecule has 2 aromatic carbocycles. The molecule has 0 atom stereocenters. The van der Waals surface area contributed by atoms with Gasteiger partial charge in [-0.3, -0.25) is 9.52 Å². The molecule has 0 aliphatic heterocycles. The molecule has 2 N–H and O–H groups in total. The number of benzene rings is 2. The predicted molar refractivity (Wildman–Crippen MR) is 121 cm³/mol. The molecule has 0 saturated heterocycles. The van der Waals surface area contributed by atoms with Crippen molar-refractivity contribution in [1.82, 2.24) is 14.9 Å². The summed E-state index contributed by atoms with van der Waals surface area (Å²) in [6, 6.07) is 13.6. The third-order valence-electron chi connectivity index (χ3n) is 5.90. The molecular formula is C23H28N4O3S. The molecular weight excluding hydrogens is 412 g/mol. The lowest BCUT2D eigenvalue weighted by Gasteiger charge is -2.20. The van der Waals surface area contributed by atoms with Crippen LogP contribution < -0.4 is 10.0 Å². The van der Waals surface area contributed by atoms with Gasteiger partial charge in [0.2, 0.25) is 5.91 Å². The zero-order chi connectivity index (χ0) is 21.8. The van der Waals surface area contributed by atoms with Crippen LogP contribution in [0.4, 0.5) is 5.69 Å². The fraction of sp³-hybridized carbons (Fsp3) is 0.391. The van der Waals surface area contributed by atoms with Crippen LogP contribution >= 0.6 is 0 Å². The zero-order valence-corrected chi connectivity index (χ0v) is 18.5. The van der Waals surface area contributed by atoms with Gasteiger partial charge in [0.1, 0.15) is 5.82 Å². The van der Waals surface area contributed by atoms with Gasteiger partial charge in [-0.1, -0.05) is 37.5 Å². The van der Waals surface area contributed by atoms with Crippen molar-refractivity contribution in [3.8, 4) is 0 Å². The smallest absolute Gasteiger partial charge is 0.261 e. The van der Waals surface area contributed by atoms with Crippen molar-refractivity contribution < 1.29 is 13.2 Å². The van der Waals surface area contributed by atoms with Gasteiger partial charge in [0.25, 0.3) is 10.0 Å². The van der Waals surface area contributed by atoms with Crippen LogP contribution in [0.5, 0.6) is 0 Å². The summed E-state index contributed by atoms with van der Waals surface area (Å²) in [5.41, 5.74) is 2.09. The SMILES string of the molecule is Cn1c(CCNC(=O)C2CCCCC2)nc2cc(NS(=O)(=O)c3ccccc3)ccc21. The molecule has 0 unspecified atom stereocenters. The van der Waals surface area contributed by atoms with Crippen LogP contribution in [-0.4, -0.2) is 30.4 Å². The molecule has 0 radical (unpaired) electrons. The third kappa shape index (κ3) is 4.90. The lowest BCUT2D eigenvalue weighted by Crippen LogP contribution is -2.33. The van der Waals surface area contributed by atoms with Crippen molar-refractivity contribution in [2.75, 3.05) is 11.3 Å². The Morgan fingerprint density at radius 1 is 1.10 bits per heavy atom. The van der Waals surface area contributed by atoms with Crippen molar-refractivity contribution in [3.05, 3.63) is 54.4 Å². The van der Waals surface area contributed by atoms with Gasteiger partial charge in [0.15, 0.2) is 0 Å². The highest BCUT2D eigenvalue weighted by Crippen LogP contribution is 2.24. The summed E-state index contributed by atoms with van der Waals surface area (Å²) in [6.07, 6.45) is 6.10. The molecule has 4 rings (SSSR count). The maximum Gasteiger partial charge on any atom is 0.261 e. The summed E-state index contributed by atoms with van der Waals surface area (Å²) in [4.78, 5) is 17.2. The average molecular weight is 441 g/mol. The van der Waals surface area contributed by atoms with E-state index in [4.69, 9.17) is 0 Å². The third-order valence-corrected chi connectivity index (χ3v) is 7.30. The van der Waals surface area contributed by atoms with E-state index in [0.717, 1.165) is 37.0 Å². The Morgan fingerprint density at radius 3 is 2.58 bits per heavy atom. The molecule has 164 valence electrons. The Hall–Kier alpha value is -2.87. The maximum absolute atomic E-state index is 12.6. The standard InChI is InChI=1S/C23H28N4O3S/c1-27-21-13-12-18(26-31(29,30)19-10-6-3-7-11-19)16-20(21)25-22(27)14-15-24-23(28)17-8-4-2-5-9-17/h3,6-7,10-13,16-17,26H,2,4-5,8-9,14-15H2,1H3,(H,24,28). The first kappa shape index (κ1) is 21.4. The Bertz CT molecular complexity index is 1170. The highest BCUT2D eigenvalue weighted by Gasteiger charge is 2.21. The molecule has 1 saturated carbocycles. The second-order valence-electron chi connectivity index (χ2n) is 8.09. The number of anilines is 1. The normalized spacial score (nSPS) is 15.1. The molecule has 1 aliphatic carbocycles. The minimum atomic E-state index is -3.65. The highest BCUT2D eigenvalue weighted by molar-refractivity contribution is 7.92. The summed E-state index contributed by atoms with van der Waals surface area (Å²) in [5, 5.41) is 3.05. The molecule has 3 aromatic rings. The number of nitrogens with one attached hydrogen (secondary N) is 2. The van der Waals surface area contributed by atoms with Crippen LogP contribution in [0.2, 0.25) is 0 Å². The summed E-state index contributed by atoms with van der Waals surface area (Å²) in [6.45, 7) is 0.542. The number of hydrogen-bond acceptors (Lipinski definition) is 4. The largest absolute Gasteiger partial charge is 0.355 e. The van der Waals surface area contributed by atoms with E-state index in [9.17, 15) is 13.2 Å². The number of carbonyl (C=O) groups is 1. The van der Waals surface area contributed by atoms with Gasteiger partial charge in [0, 0.05) is 25.9 Å². The number of sulfonamides is 1. The molecule has 1 aliphatic rings. The van der Waals surface area contributed by atoms with Gasteiger partial charge in [0.05, 0.1) is 21.6 Å². The summed E-state index contributed by atoms with van der Waals surface area (Å²) in [5.74, 6) is 1.15. The van der Waals surface area contributed by atoms with Gasteiger partial charge >= 0.3 is 0 Å². The second-order valence-corrected chi connectivity index (χ2v) is 9.77. The Kier molecular flexibility index (Phi) is 6.27. The summed E-state index contributed by atoms with van der Waals surface area (Å²) >= 11 is 0. The first-order valence-corrected chi connectivity index (χ1v) is 12.2. The van der Waals surface area contributed by atoms with E-state index in [1.54, 1.807) is 42.5 Å². The Balaban J connectivity index is 1.43. The number of carbonyl (C=O) groups excluding carboxylic acids is 1. The van der Waals surface area contributed by atoms with Gasteiger partial charge < -0.3 is 9.88 Å². The molecule has 1 amide bonds. The number of hydrogen-bond donors (Lipinski definition) is 2. The fourth-order valence-corrected chi connectivity index (χ4v) is 5.23. The van der Waals surface area contributed by atoms with Crippen molar-refractivity contribution in [3.63, 3.8) is 0 Å². The van der Waals surface area contributed by atoms with Crippen LogP contribution in [0.3, 0.4) is 0 Å². The summed E-state index contributed by atoms with van der Waals surface area (Å²) < 4.78 is 29.7. The lowest BCUT2D eigenvalue weighted by molar-refractivity contribution is -0.125. The van der Waals surface area contributed by atoms with Gasteiger partial charge in [-0.25, -0.2) is 13.4 Å². The van der Waals surface area contributed by atoms with E-state index in [0.29, 0.717) is 24.2 Å².